The van der Waals surface area contributed by atoms with E-state index in [1.54, 1.807) is 4.90 Å². The number of nitrogens with zero attached hydrogens (tertiary/aromatic N) is 2. The van der Waals surface area contributed by atoms with Crippen LogP contribution in [0.2, 0.25) is 0 Å². The summed E-state index contributed by atoms with van der Waals surface area (Å²) in [5.74, 6) is 6.13. The molecule has 0 aromatic heterocycles. The van der Waals surface area contributed by atoms with Crippen LogP contribution in [0.1, 0.15) is 77.6 Å². The van der Waals surface area contributed by atoms with Gasteiger partial charge in [0.1, 0.15) is 6.10 Å². The maximum absolute atomic E-state index is 12.1. The third kappa shape index (κ3) is 8.79. The van der Waals surface area contributed by atoms with E-state index in [0.717, 1.165) is 32.5 Å². The van der Waals surface area contributed by atoms with Gasteiger partial charge in [-0.05, 0) is 32.4 Å². The first-order chi connectivity index (χ1) is 13.2. The molecule has 0 aliphatic carbocycles. The van der Waals surface area contributed by atoms with E-state index in [-0.39, 0.29) is 18.0 Å². The Morgan fingerprint density at radius 1 is 1.04 bits per heavy atom. The first-order valence-corrected chi connectivity index (χ1v) is 10.8. The molecule has 2 fully saturated rings. The molecule has 2 aliphatic heterocycles. The highest BCUT2D eigenvalue weighted by Gasteiger charge is 2.31. The molecule has 2 heterocycles. The summed E-state index contributed by atoms with van der Waals surface area (Å²) in [6.07, 6.45) is 11.3. The fourth-order valence-electron chi connectivity index (χ4n) is 3.70. The van der Waals surface area contributed by atoms with Crippen LogP contribution >= 0.6 is 0 Å². The van der Waals surface area contributed by atoms with Crippen molar-refractivity contribution in [2.24, 2.45) is 0 Å². The zero-order valence-electron chi connectivity index (χ0n) is 17.0. The number of rotatable bonds is 11. The van der Waals surface area contributed by atoms with Crippen molar-refractivity contribution >= 4 is 11.9 Å². The lowest BCUT2D eigenvalue weighted by Gasteiger charge is -2.14. The first kappa shape index (κ1) is 21.8. The van der Waals surface area contributed by atoms with E-state index in [0.29, 0.717) is 25.9 Å². The molecule has 27 heavy (non-hydrogen) atoms. The quantitative estimate of drug-likeness (QED) is 0.315. The third-order valence-corrected chi connectivity index (χ3v) is 5.36. The van der Waals surface area contributed by atoms with Crippen LogP contribution in [0.25, 0.3) is 0 Å². The zero-order valence-corrected chi connectivity index (χ0v) is 17.0. The average Bonchev–Trinajstić information content (AvgIpc) is 3.28. The molecule has 0 aromatic carbocycles. The van der Waals surface area contributed by atoms with Crippen LogP contribution < -0.4 is 0 Å². The van der Waals surface area contributed by atoms with Gasteiger partial charge in [0.15, 0.2) is 0 Å². The monoisotopic (exact) mass is 376 g/mol. The Morgan fingerprint density at radius 3 is 2.44 bits per heavy atom. The van der Waals surface area contributed by atoms with Crippen molar-refractivity contribution in [3.8, 4) is 11.8 Å². The van der Waals surface area contributed by atoms with Crippen LogP contribution in [0.15, 0.2) is 0 Å². The largest absolute Gasteiger partial charge is 0.460 e. The van der Waals surface area contributed by atoms with Gasteiger partial charge in [-0.2, -0.15) is 0 Å². The summed E-state index contributed by atoms with van der Waals surface area (Å²) < 4.78 is 5.49. The summed E-state index contributed by atoms with van der Waals surface area (Å²) in [5, 5.41) is 0. The highest BCUT2D eigenvalue weighted by atomic mass is 16.5. The molecule has 1 atom stereocenters. The van der Waals surface area contributed by atoms with Crippen LogP contribution in [0.3, 0.4) is 0 Å². The summed E-state index contributed by atoms with van der Waals surface area (Å²) in [7, 11) is 0. The van der Waals surface area contributed by atoms with Gasteiger partial charge in [0.25, 0.3) is 0 Å². The minimum absolute atomic E-state index is 0.0409. The Hall–Kier alpha value is -1.54. The topological polar surface area (TPSA) is 49.9 Å². The lowest BCUT2D eigenvalue weighted by atomic mass is 10.1. The number of likely N-dealkylation sites (tertiary alicyclic amines) is 2. The molecule has 152 valence electrons. The molecule has 0 N–H and O–H groups in total. The molecule has 2 rings (SSSR count). The van der Waals surface area contributed by atoms with E-state index in [2.05, 4.69) is 23.7 Å². The number of unbranched alkanes of at least 4 members (excludes halogenated alkanes) is 6. The maximum Gasteiger partial charge on any atom is 0.306 e. The highest BCUT2D eigenvalue weighted by Crippen LogP contribution is 2.16. The van der Waals surface area contributed by atoms with E-state index in [1.807, 2.05) is 0 Å². The Labute approximate surface area is 164 Å². The van der Waals surface area contributed by atoms with E-state index < -0.39 is 0 Å². The van der Waals surface area contributed by atoms with Gasteiger partial charge in [0.2, 0.25) is 5.91 Å². The number of carbonyl (C=O) groups excluding carboxylic acids is 2. The Kier molecular flexibility index (Phi) is 10.3. The van der Waals surface area contributed by atoms with Crippen molar-refractivity contribution < 1.29 is 14.3 Å². The number of hydrogen-bond donors (Lipinski definition) is 0. The number of amides is 1. The van der Waals surface area contributed by atoms with Gasteiger partial charge in [-0.1, -0.05) is 57.3 Å². The summed E-state index contributed by atoms with van der Waals surface area (Å²) in [4.78, 5) is 28.1. The molecule has 1 amide bonds. The smallest absolute Gasteiger partial charge is 0.306 e. The Balaban J connectivity index is 1.55. The molecule has 0 unspecified atom stereocenters. The molecular formula is C22H36N2O3. The minimum Gasteiger partial charge on any atom is -0.460 e. The van der Waals surface area contributed by atoms with Crippen LogP contribution in [0, 0.1) is 11.8 Å². The van der Waals surface area contributed by atoms with Crippen LogP contribution in [0.5, 0.6) is 0 Å². The van der Waals surface area contributed by atoms with Gasteiger partial charge in [-0.3, -0.25) is 14.5 Å². The van der Waals surface area contributed by atoms with E-state index in [9.17, 15) is 9.59 Å². The predicted molar refractivity (Wildman–Crippen MR) is 107 cm³/mol. The van der Waals surface area contributed by atoms with Crippen molar-refractivity contribution in [1.29, 1.82) is 0 Å². The molecule has 0 radical (unpaired) electrons. The molecule has 0 spiro atoms. The zero-order chi connectivity index (χ0) is 19.3. The number of ether oxygens (including phenoxy) is 1. The van der Waals surface area contributed by atoms with Crippen molar-refractivity contribution in [3.05, 3.63) is 0 Å². The number of esters is 1. The van der Waals surface area contributed by atoms with Crippen molar-refractivity contribution in [1.82, 2.24) is 9.80 Å². The summed E-state index contributed by atoms with van der Waals surface area (Å²) in [5.41, 5.74) is 0. The molecule has 5 heteroatoms. The first-order valence-electron chi connectivity index (χ1n) is 10.8. The second-order valence-electron chi connectivity index (χ2n) is 7.80. The summed E-state index contributed by atoms with van der Waals surface area (Å²) in [6.45, 7) is 6.20. The summed E-state index contributed by atoms with van der Waals surface area (Å²) >= 11 is 0. The van der Waals surface area contributed by atoms with Gasteiger partial charge in [-0.15, -0.1) is 0 Å². The molecular weight excluding hydrogens is 340 g/mol. The average molecular weight is 377 g/mol. The maximum atomic E-state index is 12.1. The van der Waals surface area contributed by atoms with E-state index in [1.165, 1.54) is 44.9 Å². The standard InChI is InChI=1S/C22H36N2O3/c1-2-3-4-5-6-7-8-13-22(26)27-20-18-21(25)24(19-20)17-12-11-16-23-14-9-10-15-23/h20H,2-10,13-19H2,1H3/t20-/m0/s1. The number of hydrogen-bond acceptors (Lipinski definition) is 4. The van der Waals surface area contributed by atoms with Crippen LogP contribution in [-0.4, -0.2) is 60.5 Å². The minimum atomic E-state index is -0.296. The fraction of sp³-hybridized carbons (Fsp3) is 0.818. The highest BCUT2D eigenvalue weighted by molar-refractivity contribution is 5.80. The van der Waals surface area contributed by atoms with Crippen molar-refractivity contribution in [3.63, 3.8) is 0 Å². The lowest BCUT2D eigenvalue weighted by molar-refractivity contribution is -0.148. The van der Waals surface area contributed by atoms with Gasteiger partial charge < -0.3 is 9.64 Å². The fourth-order valence-corrected chi connectivity index (χ4v) is 3.70. The van der Waals surface area contributed by atoms with Gasteiger partial charge in [0.05, 0.1) is 26.1 Å². The van der Waals surface area contributed by atoms with Gasteiger partial charge >= 0.3 is 5.97 Å². The molecule has 2 aliphatic rings. The lowest BCUT2D eigenvalue weighted by Crippen LogP contribution is -2.27. The van der Waals surface area contributed by atoms with Crippen LogP contribution in [0.4, 0.5) is 0 Å². The molecule has 0 bridgehead atoms. The number of carbonyl (C=O) groups is 2. The second-order valence-corrected chi connectivity index (χ2v) is 7.80. The van der Waals surface area contributed by atoms with Crippen molar-refractivity contribution in [2.45, 2.75) is 83.7 Å². The second kappa shape index (κ2) is 12.8. The normalized spacial score (nSPS) is 20.0. The Bertz CT molecular complexity index is 517. The third-order valence-electron chi connectivity index (χ3n) is 5.36. The SMILES string of the molecule is CCCCCCCCCC(=O)O[C@H]1CC(=O)N(CC#CCN2CCCC2)C1. The predicted octanol–water partition coefficient (Wildman–Crippen LogP) is 3.37. The molecule has 5 nitrogen and oxygen atoms in total. The van der Waals surface area contributed by atoms with E-state index in [4.69, 9.17) is 4.74 Å². The van der Waals surface area contributed by atoms with E-state index >= 15 is 0 Å². The van der Waals surface area contributed by atoms with Crippen LogP contribution in [-0.2, 0) is 14.3 Å². The van der Waals surface area contributed by atoms with Gasteiger partial charge in [-0.25, -0.2) is 0 Å². The van der Waals surface area contributed by atoms with Crippen molar-refractivity contribution in [2.75, 3.05) is 32.7 Å². The molecule has 0 aromatic rings. The Morgan fingerprint density at radius 2 is 1.70 bits per heavy atom. The molecule has 2 saturated heterocycles. The summed E-state index contributed by atoms with van der Waals surface area (Å²) in [6, 6.07) is 0. The molecule has 0 saturated carbocycles. The van der Waals surface area contributed by atoms with Gasteiger partial charge in [0, 0.05) is 6.42 Å².